The van der Waals surface area contributed by atoms with Gasteiger partial charge in [-0.3, -0.25) is 9.69 Å². The van der Waals surface area contributed by atoms with E-state index in [9.17, 15) is 4.79 Å². The summed E-state index contributed by atoms with van der Waals surface area (Å²) in [6, 6.07) is 8.38. The van der Waals surface area contributed by atoms with Crippen LogP contribution in [0.15, 0.2) is 24.3 Å². The predicted octanol–water partition coefficient (Wildman–Crippen LogP) is 2.16. The van der Waals surface area contributed by atoms with Gasteiger partial charge in [0.25, 0.3) is 5.91 Å². The number of carbonyl (C=O) groups is 1. The Balaban J connectivity index is 2.37. The number of hydrogen-bond donors (Lipinski definition) is 0. The van der Waals surface area contributed by atoms with Gasteiger partial charge in [0.05, 0.1) is 0 Å². The molecule has 17 heavy (non-hydrogen) atoms. The first-order chi connectivity index (χ1) is 8.11. The highest BCUT2D eigenvalue weighted by Gasteiger charge is 2.26. The maximum absolute atomic E-state index is 12.1. The second-order valence-electron chi connectivity index (χ2n) is 4.93. The van der Waals surface area contributed by atoms with Crippen LogP contribution in [-0.2, 0) is 0 Å². The van der Waals surface area contributed by atoms with E-state index < -0.39 is 0 Å². The minimum atomic E-state index is 0.0981. The van der Waals surface area contributed by atoms with Crippen molar-refractivity contribution >= 4 is 5.91 Å². The monoisotopic (exact) mass is 232 g/mol. The van der Waals surface area contributed by atoms with E-state index in [1.807, 2.05) is 18.2 Å². The summed E-state index contributed by atoms with van der Waals surface area (Å²) < 4.78 is 0. The zero-order valence-electron chi connectivity index (χ0n) is 10.8. The summed E-state index contributed by atoms with van der Waals surface area (Å²) in [6.07, 6.45) is 2.36. The summed E-state index contributed by atoms with van der Waals surface area (Å²) in [5, 5.41) is 0. The lowest BCUT2D eigenvalue weighted by Crippen LogP contribution is -2.26. The summed E-state index contributed by atoms with van der Waals surface area (Å²) in [5.74, 6) is 0.0981. The SMILES string of the molecule is CN(C)C(=O)c1ccccc1C1CCCN1C. The molecule has 1 unspecified atom stereocenters. The smallest absolute Gasteiger partial charge is 0.253 e. The van der Waals surface area contributed by atoms with Gasteiger partial charge in [0.2, 0.25) is 0 Å². The third-order valence-electron chi connectivity index (χ3n) is 3.48. The van der Waals surface area contributed by atoms with Crippen molar-refractivity contribution in [1.82, 2.24) is 9.80 Å². The lowest BCUT2D eigenvalue weighted by atomic mass is 9.98. The molecular formula is C14H20N2O. The van der Waals surface area contributed by atoms with E-state index in [0.29, 0.717) is 6.04 Å². The van der Waals surface area contributed by atoms with Gasteiger partial charge in [-0.2, -0.15) is 0 Å². The Kier molecular flexibility index (Phi) is 3.48. The van der Waals surface area contributed by atoms with Gasteiger partial charge >= 0.3 is 0 Å². The highest BCUT2D eigenvalue weighted by atomic mass is 16.2. The van der Waals surface area contributed by atoms with Crippen LogP contribution in [0.4, 0.5) is 0 Å². The molecule has 0 aliphatic carbocycles. The van der Waals surface area contributed by atoms with Crippen molar-refractivity contribution < 1.29 is 4.79 Å². The van der Waals surface area contributed by atoms with Gasteiger partial charge in [0, 0.05) is 25.7 Å². The standard InChI is InChI=1S/C14H20N2O/c1-15(2)14(17)12-8-5-4-7-11(12)13-9-6-10-16(13)3/h4-5,7-8,13H,6,9-10H2,1-3H3. The second kappa shape index (κ2) is 4.88. The quantitative estimate of drug-likeness (QED) is 0.780. The Morgan fingerprint density at radius 2 is 2.06 bits per heavy atom. The molecule has 2 rings (SSSR count). The van der Waals surface area contributed by atoms with E-state index in [0.717, 1.165) is 18.5 Å². The third-order valence-corrected chi connectivity index (χ3v) is 3.48. The Labute approximate surface area is 103 Å². The van der Waals surface area contributed by atoms with Crippen molar-refractivity contribution in [3.05, 3.63) is 35.4 Å². The zero-order valence-corrected chi connectivity index (χ0v) is 10.8. The minimum Gasteiger partial charge on any atom is -0.345 e. The maximum Gasteiger partial charge on any atom is 0.253 e. The van der Waals surface area contributed by atoms with E-state index in [2.05, 4.69) is 18.0 Å². The molecule has 3 nitrogen and oxygen atoms in total. The third kappa shape index (κ3) is 2.34. The first-order valence-corrected chi connectivity index (χ1v) is 6.12. The van der Waals surface area contributed by atoms with Crippen LogP contribution in [0, 0.1) is 0 Å². The first-order valence-electron chi connectivity index (χ1n) is 6.12. The van der Waals surface area contributed by atoms with Gasteiger partial charge in [-0.05, 0) is 38.1 Å². The molecule has 1 heterocycles. The van der Waals surface area contributed by atoms with E-state index in [1.54, 1.807) is 19.0 Å². The fourth-order valence-electron chi connectivity index (χ4n) is 2.53. The molecule has 0 spiro atoms. The van der Waals surface area contributed by atoms with Gasteiger partial charge in [-0.25, -0.2) is 0 Å². The molecule has 1 aromatic rings. The Bertz CT molecular complexity index is 414. The zero-order chi connectivity index (χ0) is 12.4. The molecule has 1 aromatic carbocycles. The molecule has 3 heteroatoms. The molecule has 1 fully saturated rings. The number of nitrogens with zero attached hydrogens (tertiary/aromatic N) is 2. The molecule has 1 aliphatic rings. The van der Waals surface area contributed by atoms with Crippen LogP contribution in [0.2, 0.25) is 0 Å². The fourth-order valence-corrected chi connectivity index (χ4v) is 2.53. The molecule has 1 aliphatic heterocycles. The number of rotatable bonds is 2. The first kappa shape index (κ1) is 12.1. The Morgan fingerprint density at radius 1 is 1.35 bits per heavy atom. The molecule has 0 radical (unpaired) electrons. The van der Waals surface area contributed by atoms with Crippen LogP contribution in [0.3, 0.4) is 0 Å². The largest absolute Gasteiger partial charge is 0.345 e. The van der Waals surface area contributed by atoms with E-state index in [4.69, 9.17) is 0 Å². The second-order valence-corrected chi connectivity index (χ2v) is 4.93. The van der Waals surface area contributed by atoms with Crippen LogP contribution in [0.5, 0.6) is 0 Å². The van der Waals surface area contributed by atoms with Crippen LogP contribution in [-0.4, -0.2) is 43.4 Å². The highest BCUT2D eigenvalue weighted by molar-refractivity contribution is 5.95. The lowest BCUT2D eigenvalue weighted by molar-refractivity contribution is 0.0825. The van der Waals surface area contributed by atoms with E-state index in [1.165, 1.54) is 12.0 Å². The molecular weight excluding hydrogens is 212 g/mol. The maximum atomic E-state index is 12.1. The summed E-state index contributed by atoms with van der Waals surface area (Å²) in [7, 11) is 5.74. The normalized spacial score (nSPS) is 20.5. The van der Waals surface area contributed by atoms with Crippen molar-refractivity contribution in [3.8, 4) is 0 Å². The summed E-state index contributed by atoms with van der Waals surface area (Å²) in [5.41, 5.74) is 2.02. The number of carbonyl (C=O) groups excluding carboxylic acids is 1. The van der Waals surface area contributed by atoms with Gasteiger partial charge in [0.1, 0.15) is 0 Å². The number of benzene rings is 1. The van der Waals surface area contributed by atoms with Crippen molar-refractivity contribution in [1.29, 1.82) is 0 Å². The number of hydrogen-bond acceptors (Lipinski definition) is 2. The van der Waals surface area contributed by atoms with Gasteiger partial charge < -0.3 is 4.90 Å². The minimum absolute atomic E-state index is 0.0981. The summed E-state index contributed by atoms with van der Waals surface area (Å²) in [4.78, 5) is 16.1. The van der Waals surface area contributed by atoms with Gasteiger partial charge in [0.15, 0.2) is 0 Å². The molecule has 1 saturated heterocycles. The van der Waals surface area contributed by atoms with Gasteiger partial charge in [-0.15, -0.1) is 0 Å². The van der Waals surface area contributed by atoms with E-state index in [-0.39, 0.29) is 5.91 Å². The van der Waals surface area contributed by atoms with Crippen LogP contribution in [0.25, 0.3) is 0 Å². The van der Waals surface area contributed by atoms with Crippen LogP contribution >= 0.6 is 0 Å². The van der Waals surface area contributed by atoms with Crippen molar-refractivity contribution in [2.75, 3.05) is 27.7 Å². The van der Waals surface area contributed by atoms with Gasteiger partial charge in [-0.1, -0.05) is 18.2 Å². The predicted molar refractivity (Wildman–Crippen MR) is 69.1 cm³/mol. The molecule has 1 amide bonds. The van der Waals surface area contributed by atoms with Crippen molar-refractivity contribution in [2.45, 2.75) is 18.9 Å². The lowest BCUT2D eigenvalue weighted by Gasteiger charge is -2.23. The topological polar surface area (TPSA) is 23.6 Å². The molecule has 92 valence electrons. The Hall–Kier alpha value is -1.35. The highest BCUT2D eigenvalue weighted by Crippen LogP contribution is 2.32. The van der Waals surface area contributed by atoms with Crippen LogP contribution in [0.1, 0.15) is 34.8 Å². The molecule has 1 atom stereocenters. The number of likely N-dealkylation sites (tertiary alicyclic amines) is 1. The molecule has 0 N–H and O–H groups in total. The summed E-state index contributed by atoms with van der Waals surface area (Å²) >= 11 is 0. The van der Waals surface area contributed by atoms with E-state index >= 15 is 0 Å². The van der Waals surface area contributed by atoms with Crippen molar-refractivity contribution in [2.24, 2.45) is 0 Å². The average molecular weight is 232 g/mol. The molecule has 0 aromatic heterocycles. The summed E-state index contributed by atoms with van der Waals surface area (Å²) in [6.45, 7) is 1.12. The Morgan fingerprint density at radius 3 is 2.65 bits per heavy atom. The molecule has 0 saturated carbocycles. The average Bonchev–Trinajstić information content (AvgIpc) is 2.74. The number of amides is 1. The van der Waals surface area contributed by atoms with Crippen LogP contribution < -0.4 is 0 Å². The molecule has 0 bridgehead atoms. The van der Waals surface area contributed by atoms with Crippen molar-refractivity contribution in [3.63, 3.8) is 0 Å². The fraction of sp³-hybridized carbons (Fsp3) is 0.500.